The zero-order valence-corrected chi connectivity index (χ0v) is 14.5. The van der Waals surface area contributed by atoms with Crippen molar-refractivity contribution in [3.05, 3.63) is 48.2 Å². The molecule has 2 aromatic rings. The van der Waals surface area contributed by atoms with Crippen LogP contribution < -0.4 is 4.90 Å². The number of hydrogen-bond donors (Lipinski definition) is 0. The number of rotatable bonds is 3. The van der Waals surface area contributed by atoms with Gasteiger partial charge in [0.25, 0.3) is 5.91 Å². The van der Waals surface area contributed by atoms with Gasteiger partial charge < -0.3 is 9.80 Å². The minimum absolute atomic E-state index is 0.0242. The van der Waals surface area contributed by atoms with Crippen molar-refractivity contribution in [2.45, 2.75) is 25.7 Å². The summed E-state index contributed by atoms with van der Waals surface area (Å²) in [5.41, 5.74) is 2.87. The molecule has 0 bridgehead atoms. The Morgan fingerprint density at radius 1 is 0.917 bits per heavy atom. The number of pyridine rings is 1. The Hall–Kier alpha value is -2.36. The second kappa shape index (κ2) is 7.47. The summed E-state index contributed by atoms with van der Waals surface area (Å²) in [6, 6.07) is 12.0. The number of nitrogens with zero attached hydrogens (tertiary/aromatic N) is 3. The summed E-state index contributed by atoms with van der Waals surface area (Å²) in [6.07, 6.45) is 7.10. The van der Waals surface area contributed by atoms with E-state index < -0.39 is 0 Å². The maximum Gasteiger partial charge on any atom is 0.253 e. The van der Waals surface area contributed by atoms with E-state index in [0.717, 1.165) is 30.0 Å². The van der Waals surface area contributed by atoms with E-state index in [1.807, 2.05) is 30.5 Å². The normalized spacial score (nSPS) is 15.0. The minimum atomic E-state index is 0.0242. The first kappa shape index (κ1) is 16.5. The topological polar surface area (TPSA) is 36.4 Å². The highest BCUT2D eigenvalue weighted by molar-refractivity contribution is 5.94. The van der Waals surface area contributed by atoms with Crippen LogP contribution in [-0.4, -0.2) is 43.0 Å². The number of amides is 1. The first-order valence-electron chi connectivity index (χ1n) is 8.68. The van der Waals surface area contributed by atoms with Gasteiger partial charge in [-0.2, -0.15) is 0 Å². The molecular formula is C20H25N3O. The Kier molecular flexibility index (Phi) is 5.14. The molecule has 1 aliphatic rings. The zero-order chi connectivity index (χ0) is 16.9. The lowest BCUT2D eigenvalue weighted by Gasteiger charge is -2.21. The van der Waals surface area contributed by atoms with Gasteiger partial charge in [-0.1, -0.05) is 25.0 Å². The molecule has 0 saturated carbocycles. The molecule has 1 aromatic heterocycles. The van der Waals surface area contributed by atoms with E-state index in [2.05, 4.69) is 22.0 Å². The van der Waals surface area contributed by atoms with E-state index >= 15 is 0 Å². The van der Waals surface area contributed by atoms with Gasteiger partial charge in [0.1, 0.15) is 5.82 Å². The molecular weight excluding hydrogens is 298 g/mol. The third kappa shape index (κ3) is 3.75. The highest BCUT2D eigenvalue weighted by Crippen LogP contribution is 2.23. The Morgan fingerprint density at radius 3 is 2.08 bits per heavy atom. The van der Waals surface area contributed by atoms with Gasteiger partial charge in [0, 0.05) is 44.5 Å². The van der Waals surface area contributed by atoms with Gasteiger partial charge >= 0.3 is 0 Å². The quantitative estimate of drug-likeness (QED) is 0.861. The van der Waals surface area contributed by atoms with Crippen molar-refractivity contribution < 1.29 is 4.79 Å². The van der Waals surface area contributed by atoms with Crippen molar-refractivity contribution in [1.82, 2.24) is 9.88 Å². The lowest BCUT2D eigenvalue weighted by Crippen LogP contribution is -2.24. The van der Waals surface area contributed by atoms with Crippen molar-refractivity contribution in [2.24, 2.45) is 0 Å². The van der Waals surface area contributed by atoms with Crippen LogP contribution in [0.3, 0.4) is 0 Å². The summed E-state index contributed by atoms with van der Waals surface area (Å²) in [4.78, 5) is 20.6. The van der Waals surface area contributed by atoms with Crippen LogP contribution in [0.5, 0.6) is 0 Å². The molecule has 0 atom stereocenters. The van der Waals surface area contributed by atoms with Crippen molar-refractivity contribution in [3.8, 4) is 11.1 Å². The predicted octanol–water partition coefficient (Wildman–Crippen LogP) is 3.83. The summed E-state index contributed by atoms with van der Waals surface area (Å²) in [6.45, 7) is 2.21. The zero-order valence-electron chi connectivity index (χ0n) is 14.5. The van der Waals surface area contributed by atoms with Crippen LogP contribution in [0, 0.1) is 0 Å². The third-order valence-corrected chi connectivity index (χ3v) is 4.55. The first-order chi connectivity index (χ1) is 11.6. The lowest BCUT2D eigenvalue weighted by atomic mass is 10.1. The van der Waals surface area contributed by atoms with Gasteiger partial charge in [0.05, 0.1) is 0 Å². The lowest BCUT2D eigenvalue weighted by molar-refractivity contribution is 0.0827. The molecule has 0 unspecified atom stereocenters. The van der Waals surface area contributed by atoms with E-state index in [1.165, 1.54) is 25.7 Å². The number of carbonyl (C=O) groups is 1. The van der Waals surface area contributed by atoms with Gasteiger partial charge in [-0.05, 0) is 42.7 Å². The van der Waals surface area contributed by atoms with E-state index in [9.17, 15) is 4.79 Å². The maximum absolute atomic E-state index is 11.9. The maximum atomic E-state index is 11.9. The van der Waals surface area contributed by atoms with Gasteiger partial charge in [0.2, 0.25) is 0 Å². The molecule has 1 saturated heterocycles. The third-order valence-electron chi connectivity index (χ3n) is 4.55. The number of anilines is 1. The monoisotopic (exact) mass is 323 g/mol. The van der Waals surface area contributed by atoms with Gasteiger partial charge in [0.15, 0.2) is 0 Å². The summed E-state index contributed by atoms with van der Waals surface area (Å²) < 4.78 is 0. The molecule has 2 heterocycles. The SMILES string of the molecule is CN(C)C(=O)c1ccc(-c2ccc(N3CCCCCC3)nc2)cc1. The molecule has 1 aromatic carbocycles. The number of benzene rings is 1. The number of carbonyl (C=O) groups excluding carboxylic acids is 1. The molecule has 24 heavy (non-hydrogen) atoms. The summed E-state index contributed by atoms with van der Waals surface area (Å²) in [5, 5.41) is 0. The second-order valence-corrected chi connectivity index (χ2v) is 6.58. The van der Waals surface area contributed by atoms with E-state index in [0.29, 0.717) is 5.56 Å². The van der Waals surface area contributed by atoms with E-state index in [4.69, 9.17) is 0 Å². The average molecular weight is 323 g/mol. The van der Waals surface area contributed by atoms with Crippen LogP contribution in [0.15, 0.2) is 42.6 Å². The van der Waals surface area contributed by atoms with Crippen LogP contribution in [0.25, 0.3) is 11.1 Å². The Labute approximate surface area is 144 Å². The number of hydrogen-bond acceptors (Lipinski definition) is 3. The van der Waals surface area contributed by atoms with Crippen molar-refractivity contribution in [1.29, 1.82) is 0 Å². The van der Waals surface area contributed by atoms with Crippen LogP contribution >= 0.6 is 0 Å². The van der Waals surface area contributed by atoms with Crippen molar-refractivity contribution >= 4 is 11.7 Å². The van der Waals surface area contributed by atoms with Gasteiger partial charge in [-0.15, -0.1) is 0 Å². The highest BCUT2D eigenvalue weighted by Gasteiger charge is 2.11. The van der Waals surface area contributed by atoms with Gasteiger partial charge in [-0.25, -0.2) is 4.98 Å². The highest BCUT2D eigenvalue weighted by atomic mass is 16.2. The molecule has 0 N–H and O–H groups in total. The number of aromatic nitrogens is 1. The Morgan fingerprint density at radius 2 is 1.54 bits per heavy atom. The summed E-state index contributed by atoms with van der Waals surface area (Å²) >= 11 is 0. The molecule has 126 valence electrons. The van der Waals surface area contributed by atoms with Crippen LogP contribution in [-0.2, 0) is 0 Å². The van der Waals surface area contributed by atoms with Crippen LogP contribution in [0.2, 0.25) is 0 Å². The van der Waals surface area contributed by atoms with Crippen LogP contribution in [0.1, 0.15) is 36.0 Å². The van der Waals surface area contributed by atoms with E-state index in [1.54, 1.807) is 19.0 Å². The molecule has 3 rings (SSSR count). The summed E-state index contributed by atoms with van der Waals surface area (Å²) in [5.74, 6) is 1.09. The van der Waals surface area contributed by atoms with E-state index in [-0.39, 0.29) is 5.91 Å². The minimum Gasteiger partial charge on any atom is -0.357 e. The Bertz CT molecular complexity index is 669. The largest absolute Gasteiger partial charge is 0.357 e. The molecule has 1 aliphatic heterocycles. The standard InChI is InChI=1S/C20H25N3O/c1-22(2)20(24)17-9-7-16(8-10-17)18-11-12-19(21-15-18)23-13-5-3-4-6-14-23/h7-12,15H,3-6,13-14H2,1-2H3. The average Bonchev–Trinajstić information content (AvgIpc) is 2.91. The molecule has 1 fully saturated rings. The van der Waals surface area contributed by atoms with Crippen molar-refractivity contribution in [2.75, 3.05) is 32.1 Å². The Balaban J connectivity index is 1.74. The smallest absolute Gasteiger partial charge is 0.253 e. The van der Waals surface area contributed by atoms with Crippen LogP contribution in [0.4, 0.5) is 5.82 Å². The first-order valence-corrected chi connectivity index (χ1v) is 8.68. The molecule has 1 amide bonds. The molecule has 0 spiro atoms. The fourth-order valence-corrected chi connectivity index (χ4v) is 3.11. The molecule has 4 nitrogen and oxygen atoms in total. The molecule has 0 radical (unpaired) electrons. The summed E-state index contributed by atoms with van der Waals surface area (Å²) in [7, 11) is 3.53. The fraction of sp³-hybridized carbons (Fsp3) is 0.400. The molecule has 0 aliphatic carbocycles. The molecule has 4 heteroatoms. The van der Waals surface area contributed by atoms with Crippen molar-refractivity contribution in [3.63, 3.8) is 0 Å². The fourth-order valence-electron chi connectivity index (χ4n) is 3.11. The second-order valence-electron chi connectivity index (χ2n) is 6.58. The van der Waals surface area contributed by atoms with Gasteiger partial charge in [-0.3, -0.25) is 4.79 Å². The predicted molar refractivity (Wildman–Crippen MR) is 98.4 cm³/mol.